The standard InChI is InChI=1S/C10H7BrN4O4/c11-7-5-6(15(18)19)1-2-8(7)14-10(17)9(16)13-4-3-12/h1-2,5H,4H2,(H,13,16)(H,14,17). The molecule has 0 aliphatic carbocycles. The first kappa shape index (κ1) is 14.6. The number of carbonyl (C=O) groups excluding carboxylic acids is 2. The molecule has 0 aliphatic rings. The van der Waals surface area contributed by atoms with Crippen LogP contribution in [-0.2, 0) is 9.59 Å². The molecule has 1 rings (SSSR count). The van der Waals surface area contributed by atoms with Gasteiger partial charge in [-0.15, -0.1) is 0 Å². The molecule has 0 aliphatic heterocycles. The molecule has 1 aromatic rings. The van der Waals surface area contributed by atoms with Gasteiger partial charge in [0.1, 0.15) is 6.54 Å². The van der Waals surface area contributed by atoms with Crippen molar-refractivity contribution in [2.24, 2.45) is 0 Å². The van der Waals surface area contributed by atoms with Crippen LogP contribution in [0.25, 0.3) is 0 Å². The van der Waals surface area contributed by atoms with E-state index in [2.05, 4.69) is 26.6 Å². The zero-order valence-electron chi connectivity index (χ0n) is 9.34. The van der Waals surface area contributed by atoms with Crippen molar-refractivity contribution in [3.8, 4) is 6.07 Å². The highest BCUT2D eigenvalue weighted by Crippen LogP contribution is 2.26. The number of nitro groups is 1. The first-order valence-corrected chi connectivity index (χ1v) is 5.65. The van der Waals surface area contributed by atoms with Gasteiger partial charge in [0.15, 0.2) is 0 Å². The van der Waals surface area contributed by atoms with Crippen LogP contribution in [0, 0.1) is 21.4 Å². The number of rotatable bonds is 3. The fourth-order valence-corrected chi connectivity index (χ4v) is 1.56. The normalized spacial score (nSPS) is 9.26. The Morgan fingerprint density at radius 3 is 2.63 bits per heavy atom. The Kier molecular flexibility index (Phi) is 4.96. The third kappa shape index (κ3) is 4.04. The molecule has 0 radical (unpaired) electrons. The van der Waals surface area contributed by atoms with E-state index in [1.54, 1.807) is 6.07 Å². The molecule has 9 heteroatoms. The Bertz CT molecular complexity index is 581. The van der Waals surface area contributed by atoms with Crippen LogP contribution in [0.2, 0.25) is 0 Å². The zero-order valence-corrected chi connectivity index (χ0v) is 10.9. The van der Waals surface area contributed by atoms with E-state index in [-0.39, 0.29) is 22.4 Å². The lowest BCUT2D eigenvalue weighted by atomic mass is 10.3. The van der Waals surface area contributed by atoms with Gasteiger partial charge >= 0.3 is 11.8 Å². The summed E-state index contributed by atoms with van der Waals surface area (Å²) in [6.45, 7) is -0.284. The SMILES string of the molecule is N#CCNC(=O)C(=O)Nc1ccc([N+](=O)[O-])cc1Br. The van der Waals surface area contributed by atoms with Crippen LogP contribution in [-0.4, -0.2) is 23.3 Å². The number of nitriles is 1. The summed E-state index contributed by atoms with van der Waals surface area (Å²) >= 11 is 3.04. The van der Waals surface area contributed by atoms with Crippen LogP contribution in [0.5, 0.6) is 0 Å². The maximum atomic E-state index is 11.4. The number of nitro benzene ring substituents is 1. The molecule has 0 atom stereocenters. The van der Waals surface area contributed by atoms with Gasteiger partial charge in [0, 0.05) is 16.6 Å². The summed E-state index contributed by atoms with van der Waals surface area (Å²) in [4.78, 5) is 32.5. The Hall–Kier alpha value is -2.47. The van der Waals surface area contributed by atoms with Crippen molar-refractivity contribution in [2.75, 3.05) is 11.9 Å². The minimum absolute atomic E-state index is 0.154. The lowest BCUT2D eigenvalue weighted by Gasteiger charge is -2.06. The third-order valence-electron chi connectivity index (χ3n) is 1.95. The van der Waals surface area contributed by atoms with Crippen molar-refractivity contribution in [3.05, 3.63) is 32.8 Å². The van der Waals surface area contributed by atoms with Crippen LogP contribution in [0.3, 0.4) is 0 Å². The van der Waals surface area contributed by atoms with Gasteiger partial charge in [-0.1, -0.05) is 0 Å². The molecule has 0 saturated carbocycles. The molecule has 0 fully saturated rings. The average molecular weight is 327 g/mol. The molecule has 19 heavy (non-hydrogen) atoms. The van der Waals surface area contributed by atoms with E-state index >= 15 is 0 Å². The second-order valence-electron chi connectivity index (χ2n) is 3.22. The minimum Gasteiger partial charge on any atom is -0.335 e. The van der Waals surface area contributed by atoms with E-state index in [9.17, 15) is 19.7 Å². The average Bonchev–Trinajstić information content (AvgIpc) is 2.37. The van der Waals surface area contributed by atoms with Crippen LogP contribution >= 0.6 is 15.9 Å². The van der Waals surface area contributed by atoms with E-state index in [1.165, 1.54) is 18.2 Å². The number of benzene rings is 1. The highest BCUT2D eigenvalue weighted by molar-refractivity contribution is 9.10. The molecule has 8 nitrogen and oxygen atoms in total. The maximum Gasteiger partial charge on any atom is 0.313 e. The van der Waals surface area contributed by atoms with Crippen LogP contribution in [0.1, 0.15) is 0 Å². The van der Waals surface area contributed by atoms with E-state index in [0.29, 0.717) is 0 Å². The van der Waals surface area contributed by atoms with Crippen molar-refractivity contribution in [3.63, 3.8) is 0 Å². The number of carbonyl (C=O) groups is 2. The molecule has 0 unspecified atom stereocenters. The number of amides is 2. The molecular formula is C10H7BrN4O4. The summed E-state index contributed by atoms with van der Waals surface area (Å²) in [6.07, 6.45) is 0. The van der Waals surface area contributed by atoms with Crippen molar-refractivity contribution >= 4 is 39.1 Å². The van der Waals surface area contributed by atoms with Crippen LogP contribution < -0.4 is 10.6 Å². The van der Waals surface area contributed by atoms with Crippen molar-refractivity contribution in [2.45, 2.75) is 0 Å². The lowest BCUT2D eigenvalue weighted by Crippen LogP contribution is -2.35. The van der Waals surface area contributed by atoms with Crippen LogP contribution in [0.15, 0.2) is 22.7 Å². The Labute approximate surface area is 115 Å². The van der Waals surface area contributed by atoms with E-state index in [4.69, 9.17) is 5.26 Å². The van der Waals surface area contributed by atoms with Crippen LogP contribution in [0.4, 0.5) is 11.4 Å². The highest BCUT2D eigenvalue weighted by Gasteiger charge is 2.16. The molecule has 0 aromatic heterocycles. The van der Waals surface area contributed by atoms with Gasteiger partial charge in [-0.3, -0.25) is 19.7 Å². The van der Waals surface area contributed by atoms with Gasteiger partial charge in [0.2, 0.25) is 0 Å². The first-order chi connectivity index (χ1) is 8.95. The monoisotopic (exact) mass is 326 g/mol. The van der Waals surface area contributed by atoms with Gasteiger partial charge in [-0.05, 0) is 22.0 Å². The predicted molar refractivity (Wildman–Crippen MR) is 68.0 cm³/mol. The molecule has 0 heterocycles. The summed E-state index contributed by atoms with van der Waals surface area (Å²) in [6, 6.07) is 5.33. The van der Waals surface area contributed by atoms with Crippen molar-refractivity contribution < 1.29 is 14.5 Å². The smallest absolute Gasteiger partial charge is 0.313 e. The Balaban J connectivity index is 2.78. The predicted octanol–water partition coefficient (Wildman–Crippen LogP) is 0.936. The topological polar surface area (TPSA) is 125 Å². The number of non-ortho nitro benzene ring substituents is 1. The number of anilines is 1. The summed E-state index contributed by atoms with van der Waals surface area (Å²) in [5.74, 6) is -1.93. The second-order valence-corrected chi connectivity index (χ2v) is 4.07. The van der Waals surface area contributed by atoms with Gasteiger partial charge < -0.3 is 10.6 Å². The molecule has 2 N–H and O–H groups in total. The van der Waals surface area contributed by atoms with Gasteiger partial charge in [0.25, 0.3) is 5.69 Å². The number of hydrogen-bond acceptors (Lipinski definition) is 5. The quantitative estimate of drug-likeness (QED) is 0.370. The van der Waals surface area contributed by atoms with E-state index < -0.39 is 16.7 Å². The van der Waals surface area contributed by atoms with Gasteiger partial charge in [0.05, 0.1) is 16.7 Å². The summed E-state index contributed by atoms with van der Waals surface area (Å²) < 4.78 is 0.267. The molecular weight excluding hydrogens is 320 g/mol. The molecule has 2 amide bonds. The summed E-state index contributed by atoms with van der Waals surface area (Å²) in [7, 11) is 0. The molecule has 0 saturated heterocycles. The summed E-state index contributed by atoms with van der Waals surface area (Å²) in [5.41, 5.74) is 0.0570. The molecule has 0 bridgehead atoms. The first-order valence-electron chi connectivity index (χ1n) is 4.85. The third-order valence-corrected chi connectivity index (χ3v) is 2.60. The summed E-state index contributed by atoms with van der Waals surface area (Å²) in [5, 5.41) is 23.1. The lowest BCUT2D eigenvalue weighted by molar-refractivity contribution is -0.384. The Morgan fingerprint density at radius 1 is 1.42 bits per heavy atom. The maximum absolute atomic E-state index is 11.4. The fraction of sp³-hybridized carbons (Fsp3) is 0.100. The van der Waals surface area contributed by atoms with Crippen molar-refractivity contribution in [1.29, 1.82) is 5.26 Å². The largest absolute Gasteiger partial charge is 0.335 e. The number of halogens is 1. The second kappa shape index (κ2) is 6.46. The van der Waals surface area contributed by atoms with Gasteiger partial charge in [-0.2, -0.15) is 5.26 Å². The fourth-order valence-electron chi connectivity index (χ4n) is 1.10. The van der Waals surface area contributed by atoms with Crippen molar-refractivity contribution in [1.82, 2.24) is 5.32 Å². The highest BCUT2D eigenvalue weighted by atomic mass is 79.9. The molecule has 98 valence electrons. The molecule has 1 aromatic carbocycles. The number of nitrogens with zero attached hydrogens (tertiary/aromatic N) is 2. The van der Waals surface area contributed by atoms with E-state index in [0.717, 1.165) is 0 Å². The minimum atomic E-state index is -0.968. The van der Waals surface area contributed by atoms with E-state index in [1.807, 2.05) is 0 Å². The number of hydrogen-bond donors (Lipinski definition) is 2. The Morgan fingerprint density at radius 2 is 2.11 bits per heavy atom. The molecule has 0 spiro atoms. The number of nitrogens with one attached hydrogen (secondary N) is 2. The zero-order chi connectivity index (χ0) is 14.4. The van der Waals surface area contributed by atoms with Gasteiger partial charge in [-0.25, -0.2) is 0 Å².